The number of aliphatic carboxylic acids is 1. The Morgan fingerprint density at radius 3 is 2.41 bits per heavy atom. The van der Waals surface area contributed by atoms with E-state index in [1.165, 1.54) is 0 Å². The summed E-state index contributed by atoms with van der Waals surface area (Å²) in [4.78, 5) is 29.5. The van der Waals surface area contributed by atoms with Crippen molar-refractivity contribution in [2.24, 2.45) is 5.92 Å². The van der Waals surface area contributed by atoms with Gasteiger partial charge in [-0.15, -0.1) is 11.3 Å². The smallest absolute Gasteiger partial charge is 0.326 e. The molecule has 22 heavy (non-hydrogen) atoms. The van der Waals surface area contributed by atoms with Crippen molar-refractivity contribution < 1.29 is 14.7 Å². The highest BCUT2D eigenvalue weighted by Crippen LogP contribution is 2.20. The van der Waals surface area contributed by atoms with E-state index < -0.39 is 12.0 Å². The number of nitrogens with zero attached hydrogens (tertiary/aromatic N) is 2. The Morgan fingerprint density at radius 2 is 2.00 bits per heavy atom. The number of carboxylic acid groups (broad SMARTS) is 1. The number of thiazole rings is 1. The Bertz CT molecular complexity index is 514. The molecule has 0 aliphatic carbocycles. The van der Waals surface area contributed by atoms with E-state index in [0.29, 0.717) is 19.0 Å². The fourth-order valence-electron chi connectivity index (χ4n) is 1.92. The number of carbonyl (C=O) groups excluding carboxylic acids is 1. The molecular formula is C15H25N3O3S. The summed E-state index contributed by atoms with van der Waals surface area (Å²) < 4.78 is 0. The number of aromatic nitrogens is 1. The van der Waals surface area contributed by atoms with Gasteiger partial charge < -0.3 is 15.3 Å². The van der Waals surface area contributed by atoms with Gasteiger partial charge in [-0.3, -0.25) is 0 Å². The summed E-state index contributed by atoms with van der Waals surface area (Å²) in [6.45, 7) is 10.4. The van der Waals surface area contributed by atoms with E-state index in [2.05, 4.69) is 24.1 Å². The number of hydrogen-bond donors (Lipinski definition) is 2. The van der Waals surface area contributed by atoms with Crippen molar-refractivity contribution in [2.75, 3.05) is 6.54 Å². The predicted octanol–water partition coefficient (Wildman–Crippen LogP) is 2.91. The van der Waals surface area contributed by atoms with E-state index in [-0.39, 0.29) is 11.9 Å². The zero-order valence-corrected chi connectivity index (χ0v) is 14.6. The van der Waals surface area contributed by atoms with Gasteiger partial charge >= 0.3 is 12.0 Å². The van der Waals surface area contributed by atoms with E-state index in [9.17, 15) is 9.59 Å². The van der Waals surface area contributed by atoms with Crippen LogP contribution in [-0.2, 0) is 11.3 Å². The summed E-state index contributed by atoms with van der Waals surface area (Å²) in [5, 5.41) is 14.7. The quantitative estimate of drug-likeness (QED) is 0.806. The minimum atomic E-state index is -1.02. The highest BCUT2D eigenvalue weighted by atomic mass is 32.1. The van der Waals surface area contributed by atoms with Gasteiger partial charge in [0.1, 0.15) is 6.04 Å². The Hall–Kier alpha value is -1.63. The molecule has 1 rings (SSSR count). The van der Waals surface area contributed by atoms with E-state index in [1.807, 2.05) is 12.3 Å². The lowest BCUT2D eigenvalue weighted by Gasteiger charge is -2.24. The Balaban J connectivity index is 2.73. The monoisotopic (exact) mass is 327 g/mol. The van der Waals surface area contributed by atoms with Crippen molar-refractivity contribution >= 4 is 23.3 Å². The SMILES string of the molecule is CCN(Cc1csc(C(C)C)n1)C(=O)N[C@H](C(=O)O)C(C)C. The summed E-state index contributed by atoms with van der Waals surface area (Å²) in [6, 6.07) is -1.26. The van der Waals surface area contributed by atoms with Gasteiger partial charge in [0.25, 0.3) is 0 Å². The maximum atomic E-state index is 12.3. The third-order valence-corrected chi connectivity index (χ3v) is 4.49. The van der Waals surface area contributed by atoms with E-state index >= 15 is 0 Å². The normalized spacial score (nSPS) is 12.5. The number of carbonyl (C=O) groups is 2. The molecule has 1 atom stereocenters. The number of amides is 2. The molecule has 0 radical (unpaired) electrons. The third kappa shape index (κ3) is 4.98. The molecule has 124 valence electrons. The minimum absolute atomic E-state index is 0.174. The molecule has 0 spiro atoms. The first-order chi connectivity index (χ1) is 10.3. The van der Waals surface area contributed by atoms with Crippen molar-refractivity contribution in [3.05, 3.63) is 16.1 Å². The lowest BCUT2D eigenvalue weighted by molar-refractivity contribution is -0.140. The maximum Gasteiger partial charge on any atom is 0.326 e. The molecule has 0 fully saturated rings. The van der Waals surface area contributed by atoms with Crippen molar-refractivity contribution in [3.8, 4) is 0 Å². The van der Waals surface area contributed by atoms with Gasteiger partial charge in [-0.2, -0.15) is 0 Å². The number of carboxylic acids is 1. The molecule has 1 aromatic heterocycles. The van der Waals surface area contributed by atoms with Crippen molar-refractivity contribution in [3.63, 3.8) is 0 Å². The van der Waals surface area contributed by atoms with Crippen LogP contribution in [0.5, 0.6) is 0 Å². The summed E-state index contributed by atoms with van der Waals surface area (Å²) in [7, 11) is 0. The van der Waals surface area contributed by atoms with E-state index in [1.54, 1.807) is 30.1 Å². The molecule has 2 N–H and O–H groups in total. The number of hydrogen-bond acceptors (Lipinski definition) is 4. The molecule has 0 aliphatic rings. The topological polar surface area (TPSA) is 82.5 Å². The average Bonchev–Trinajstić information content (AvgIpc) is 2.89. The van der Waals surface area contributed by atoms with Gasteiger partial charge in [-0.05, 0) is 12.8 Å². The van der Waals surface area contributed by atoms with Crippen LogP contribution in [0.25, 0.3) is 0 Å². The summed E-state index contributed by atoms with van der Waals surface area (Å²) in [6.07, 6.45) is 0. The van der Waals surface area contributed by atoms with Crippen molar-refractivity contribution in [2.45, 2.75) is 53.1 Å². The summed E-state index contributed by atoms with van der Waals surface area (Å²) >= 11 is 1.58. The number of urea groups is 1. The second kappa shape index (κ2) is 8.12. The summed E-state index contributed by atoms with van der Waals surface area (Å²) in [5.74, 6) is -0.831. The molecule has 0 saturated heterocycles. The van der Waals surface area contributed by atoms with Crippen LogP contribution in [-0.4, -0.2) is 39.6 Å². The largest absolute Gasteiger partial charge is 0.480 e. The lowest BCUT2D eigenvalue weighted by atomic mass is 10.1. The van der Waals surface area contributed by atoms with Crippen LogP contribution in [0.1, 0.15) is 51.2 Å². The minimum Gasteiger partial charge on any atom is -0.480 e. The Labute approximate surface area is 135 Å². The molecular weight excluding hydrogens is 302 g/mol. The Morgan fingerprint density at radius 1 is 1.36 bits per heavy atom. The van der Waals surface area contributed by atoms with Crippen LogP contribution in [0, 0.1) is 5.92 Å². The third-order valence-electron chi connectivity index (χ3n) is 3.30. The van der Waals surface area contributed by atoms with Crippen molar-refractivity contribution in [1.82, 2.24) is 15.2 Å². The van der Waals surface area contributed by atoms with Gasteiger partial charge in [0.2, 0.25) is 0 Å². The first-order valence-electron chi connectivity index (χ1n) is 7.48. The molecule has 0 aliphatic heterocycles. The highest BCUT2D eigenvalue weighted by Gasteiger charge is 2.25. The molecule has 2 amide bonds. The molecule has 1 heterocycles. The van der Waals surface area contributed by atoms with Crippen LogP contribution in [0.3, 0.4) is 0 Å². The van der Waals surface area contributed by atoms with Gasteiger partial charge in [-0.25, -0.2) is 14.6 Å². The van der Waals surface area contributed by atoms with Crippen LogP contribution in [0.2, 0.25) is 0 Å². The molecule has 0 aromatic carbocycles. The number of nitrogens with one attached hydrogen (secondary N) is 1. The average molecular weight is 327 g/mol. The van der Waals surface area contributed by atoms with E-state index in [4.69, 9.17) is 5.11 Å². The van der Waals surface area contributed by atoms with Gasteiger partial charge in [0.15, 0.2) is 0 Å². The molecule has 6 nitrogen and oxygen atoms in total. The second-order valence-corrected chi connectivity index (χ2v) is 6.75. The van der Waals surface area contributed by atoms with Crippen LogP contribution in [0.4, 0.5) is 4.79 Å². The lowest BCUT2D eigenvalue weighted by Crippen LogP contribution is -2.49. The van der Waals surface area contributed by atoms with Gasteiger partial charge in [-0.1, -0.05) is 27.7 Å². The van der Waals surface area contributed by atoms with Gasteiger partial charge in [0, 0.05) is 17.8 Å². The zero-order valence-electron chi connectivity index (χ0n) is 13.8. The Kier molecular flexibility index (Phi) is 6.80. The molecule has 0 unspecified atom stereocenters. The van der Waals surface area contributed by atoms with Crippen molar-refractivity contribution in [1.29, 1.82) is 0 Å². The van der Waals surface area contributed by atoms with Crippen LogP contribution >= 0.6 is 11.3 Å². The summed E-state index contributed by atoms with van der Waals surface area (Å²) in [5.41, 5.74) is 0.835. The fraction of sp³-hybridized carbons (Fsp3) is 0.667. The van der Waals surface area contributed by atoms with Gasteiger partial charge in [0.05, 0.1) is 17.2 Å². The maximum absolute atomic E-state index is 12.3. The van der Waals surface area contributed by atoms with Crippen LogP contribution in [0.15, 0.2) is 5.38 Å². The second-order valence-electron chi connectivity index (χ2n) is 5.86. The fourth-order valence-corrected chi connectivity index (χ4v) is 2.75. The van der Waals surface area contributed by atoms with Crippen LogP contribution < -0.4 is 5.32 Å². The first kappa shape index (κ1) is 18.4. The predicted molar refractivity (Wildman–Crippen MR) is 87.1 cm³/mol. The molecule has 1 aromatic rings. The standard InChI is InChI=1S/C15H25N3O3S/c1-6-18(7-11-8-22-13(16-11)10(4)5)15(21)17-12(9(2)3)14(19)20/h8-10,12H,6-7H2,1-5H3,(H,17,21)(H,19,20)/t12-/m0/s1. The first-order valence-corrected chi connectivity index (χ1v) is 8.36. The highest BCUT2D eigenvalue weighted by molar-refractivity contribution is 7.09. The van der Waals surface area contributed by atoms with E-state index in [0.717, 1.165) is 10.7 Å². The molecule has 7 heteroatoms. The zero-order chi connectivity index (χ0) is 16.9. The molecule has 0 saturated carbocycles. The number of rotatable bonds is 7. The molecule has 0 bridgehead atoms.